The molecule has 0 radical (unpaired) electrons. The van der Waals surface area contributed by atoms with E-state index in [2.05, 4.69) is 21.4 Å². The highest BCUT2D eigenvalue weighted by atomic mass is 79.9. The summed E-state index contributed by atoms with van der Waals surface area (Å²) in [6, 6.07) is 6.09. The minimum Gasteiger partial charge on any atom is -0.321 e. The zero-order chi connectivity index (χ0) is 13.7. The Balaban J connectivity index is 0.00000132. The summed E-state index contributed by atoms with van der Waals surface area (Å²) in [6.45, 7) is 1.92. The van der Waals surface area contributed by atoms with Gasteiger partial charge in [0, 0.05) is 17.7 Å². The van der Waals surface area contributed by atoms with Crippen LogP contribution in [0.1, 0.15) is 24.8 Å². The lowest BCUT2D eigenvalue weighted by Gasteiger charge is -2.46. The molecule has 0 aromatic heterocycles. The highest BCUT2D eigenvalue weighted by Gasteiger charge is 2.47. The van der Waals surface area contributed by atoms with Gasteiger partial charge in [-0.3, -0.25) is 4.99 Å². The summed E-state index contributed by atoms with van der Waals surface area (Å²) < 4.78 is 0. The van der Waals surface area contributed by atoms with Crippen LogP contribution < -0.4 is 0 Å². The molecule has 1 aromatic rings. The van der Waals surface area contributed by atoms with Gasteiger partial charge >= 0.3 is 0 Å². The third-order valence-electron chi connectivity index (χ3n) is 4.54. The number of nitrogens with zero attached hydrogens (tertiary/aromatic N) is 2. The van der Waals surface area contributed by atoms with Crippen LogP contribution in [0, 0.1) is 0 Å². The van der Waals surface area contributed by atoms with Crippen LogP contribution in [0.4, 0.5) is 0 Å². The summed E-state index contributed by atoms with van der Waals surface area (Å²) >= 11 is 14.0. The zero-order valence-corrected chi connectivity index (χ0v) is 15.4. The van der Waals surface area contributed by atoms with Crippen molar-refractivity contribution in [2.75, 3.05) is 13.1 Å². The predicted molar refractivity (Wildman–Crippen MR) is 97.0 cm³/mol. The molecular formula is C15H15BrCl2N2S. The molecule has 0 unspecified atom stereocenters. The van der Waals surface area contributed by atoms with Crippen molar-refractivity contribution in [3.8, 4) is 0 Å². The average Bonchev–Trinajstić information content (AvgIpc) is 2.96. The number of fused-ring (bicyclic) bond motifs is 1. The molecular weight excluding hydrogens is 391 g/mol. The number of aliphatic imine (C=N–C) groups is 1. The first-order chi connectivity index (χ1) is 9.71. The van der Waals surface area contributed by atoms with E-state index >= 15 is 0 Å². The molecule has 0 bridgehead atoms. The fourth-order valence-corrected chi connectivity index (χ4v) is 4.66. The highest BCUT2D eigenvalue weighted by Crippen LogP contribution is 2.54. The van der Waals surface area contributed by atoms with E-state index in [9.17, 15) is 0 Å². The number of thioether (sulfide) groups is 1. The molecule has 2 aliphatic heterocycles. The van der Waals surface area contributed by atoms with Gasteiger partial charge in [-0.1, -0.05) is 47.5 Å². The Hall–Kier alpha value is -0.160. The quantitative estimate of drug-likeness (QED) is 0.667. The first kappa shape index (κ1) is 15.7. The van der Waals surface area contributed by atoms with Crippen LogP contribution in [0.2, 0.25) is 10.0 Å². The molecule has 2 nitrogen and oxygen atoms in total. The minimum absolute atomic E-state index is 0. The standard InChI is InChI=1S/C15H14Cl2N2S.BrH/c16-11-3-2-10(8-12(11)17)15(4-1-5-15)13-9-20-14-18-6-7-19(13)14;/h2-3,8-9H,1,4-7H2;1H. The maximum atomic E-state index is 6.22. The smallest absolute Gasteiger partial charge is 0.167 e. The molecule has 0 atom stereocenters. The van der Waals surface area contributed by atoms with Gasteiger partial charge in [0.1, 0.15) is 0 Å². The highest BCUT2D eigenvalue weighted by molar-refractivity contribution is 8.93. The zero-order valence-electron chi connectivity index (χ0n) is 11.3. The lowest BCUT2D eigenvalue weighted by atomic mass is 9.62. The monoisotopic (exact) mass is 404 g/mol. The largest absolute Gasteiger partial charge is 0.321 e. The fourth-order valence-electron chi connectivity index (χ4n) is 3.31. The van der Waals surface area contributed by atoms with Crippen molar-refractivity contribution in [1.82, 2.24) is 4.90 Å². The van der Waals surface area contributed by atoms with Gasteiger partial charge in [0.2, 0.25) is 0 Å². The molecule has 0 spiro atoms. The van der Waals surface area contributed by atoms with E-state index in [1.165, 1.54) is 30.5 Å². The molecule has 4 rings (SSSR count). The molecule has 0 N–H and O–H groups in total. The van der Waals surface area contributed by atoms with Gasteiger partial charge in [0.15, 0.2) is 5.17 Å². The Morgan fingerprint density at radius 1 is 1.19 bits per heavy atom. The maximum absolute atomic E-state index is 6.22. The third-order valence-corrected chi connectivity index (χ3v) is 6.18. The van der Waals surface area contributed by atoms with Crippen LogP contribution in [0.15, 0.2) is 34.3 Å². The molecule has 1 aliphatic carbocycles. The van der Waals surface area contributed by atoms with Crippen molar-refractivity contribution < 1.29 is 0 Å². The number of rotatable bonds is 2. The summed E-state index contributed by atoms with van der Waals surface area (Å²) in [7, 11) is 0. The lowest BCUT2D eigenvalue weighted by molar-refractivity contribution is 0.252. The van der Waals surface area contributed by atoms with Crippen molar-refractivity contribution in [2.45, 2.75) is 24.7 Å². The second-order valence-electron chi connectivity index (χ2n) is 5.50. The topological polar surface area (TPSA) is 15.6 Å². The van der Waals surface area contributed by atoms with Gasteiger partial charge in [-0.15, -0.1) is 17.0 Å². The molecule has 3 aliphatic rings. The molecule has 112 valence electrons. The second-order valence-corrected chi connectivity index (χ2v) is 7.15. The van der Waals surface area contributed by atoms with Crippen LogP contribution in [-0.4, -0.2) is 23.2 Å². The first-order valence-electron chi connectivity index (χ1n) is 6.85. The summed E-state index contributed by atoms with van der Waals surface area (Å²) in [5.74, 6) is 0. The predicted octanol–water partition coefficient (Wildman–Crippen LogP) is 5.25. The summed E-state index contributed by atoms with van der Waals surface area (Å²) in [5, 5.41) is 4.71. The van der Waals surface area contributed by atoms with Gasteiger partial charge in [0.05, 0.1) is 16.6 Å². The molecule has 1 fully saturated rings. The molecule has 2 heterocycles. The van der Waals surface area contributed by atoms with Crippen molar-refractivity contribution in [2.24, 2.45) is 4.99 Å². The van der Waals surface area contributed by atoms with E-state index in [0.29, 0.717) is 10.0 Å². The molecule has 21 heavy (non-hydrogen) atoms. The Morgan fingerprint density at radius 3 is 2.67 bits per heavy atom. The number of halogens is 3. The van der Waals surface area contributed by atoms with Crippen molar-refractivity contribution >= 4 is 57.1 Å². The summed E-state index contributed by atoms with van der Waals surface area (Å²) in [5.41, 5.74) is 2.81. The molecule has 6 heteroatoms. The van der Waals surface area contributed by atoms with E-state index in [1.54, 1.807) is 11.8 Å². The second kappa shape index (κ2) is 5.80. The van der Waals surface area contributed by atoms with Crippen LogP contribution in [0.5, 0.6) is 0 Å². The fraction of sp³-hybridized carbons (Fsp3) is 0.400. The van der Waals surface area contributed by atoms with Gasteiger partial charge < -0.3 is 4.90 Å². The third kappa shape index (κ3) is 2.35. The molecule has 0 saturated heterocycles. The van der Waals surface area contributed by atoms with E-state index < -0.39 is 0 Å². The number of benzene rings is 1. The van der Waals surface area contributed by atoms with Gasteiger partial charge in [0.25, 0.3) is 0 Å². The van der Waals surface area contributed by atoms with E-state index in [-0.39, 0.29) is 22.4 Å². The summed E-state index contributed by atoms with van der Waals surface area (Å²) in [4.78, 5) is 6.93. The van der Waals surface area contributed by atoms with E-state index in [1.807, 2.05) is 12.1 Å². The normalized spacial score (nSPS) is 22.1. The number of allylic oxidation sites excluding steroid dienone is 1. The van der Waals surface area contributed by atoms with Gasteiger partial charge in [-0.25, -0.2) is 0 Å². The van der Waals surface area contributed by atoms with Crippen LogP contribution in [-0.2, 0) is 5.41 Å². The molecule has 1 saturated carbocycles. The van der Waals surface area contributed by atoms with Crippen molar-refractivity contribution in [1.29, 1.82) is 0 Å². The van der Waals surface area contributed by atoms with E-state index in [0.717, 1.165) is 18.3 Å². The van der Waals surface area contributed by atoms with Crippen molar-refractivity contribution in [3.05, 3.63) is 44.9 Å². The minimum atomic E-state index is 0. The Labute approximate surface area is 149 Å². The Bertz CT molecular complexity index is 641. The Morgan fingerprint density at radius 2 is 2.00 bits per heavy atom. The van der Waals surface area contributed by atoms with Crippen LogP contribution in [0.3, 0.4) is 0 Å². The average molecular weight is 406 g/mol. The van der Waals surface area contributed by atoms with Crippen molar-refractivity contribution in [3.63, 3.8) is 0 Å². The first-order valence-corrected chi connectivity index (χ1v) is 8.49. The Kier molecular flexibility index (Phi) is 4.34. The van der Waals surface area contributed by atoms with Crippen LogP contribution in [0.25, 0.3) is 0 Å². The summed E-state index contributed by atoms with van der Waals surface area (Å²) in [6.07, 6.45) is 3.63. The van der Waals surface area contributed by atoms with E-state index in [4.69, 9.17) is 23.2 Å². The van der Waals surface area contributed by atoms with Gasteiger partial charge in [-0.05, 0) is 35.9 Å². The number of amidine groups is 1. The molecule has 0 amide bonds. The lowest BCUT2D eigenvalue weighted by Crippen LogP contribution is -2.42. The number of hydrogen-bond acceptors (Lipinski definition) is 3. The molecule has 1 aromatic carbocycles. The van der Waals surface area contributed by atoms with Crippen LogP contribution >= 0.6 is 51.9 Å². The maximum Gasteiger partial charge on any atom is 0.167 e. The number of hydrogen-bond donors (Lipinski definition) is 0. The van der Waals surface area contributed by atoms with Gasteiger partial charge in [-0.2, -0.15) is 0 Å². The SMILES string of the molecule is Br.Clc1ccc(C2(C3=CSC4=NCCN34)CCC2)cc1Cl.